The molecule has 3 nitrogen and oxygen atoms in total. The number of ether oxygens (including phenoxy) is 1. The Hall–Kier alpha value is -2.26. The van der Waals surface area contributed by atoms with Gasteiger partial charge in [0.15, 0.2) is 0 Å². The van der Waals surface area contributed by atoms with E-state index in [-0.39, 0.29) is 6.04 Å². The quantitative estimate of drug-likeness (QED) is 0.757. The van der Waals surface area contributed by atoms with Gasteiger partial charge in [0.05, 0.1) is 13.7 Å². The molecule has 1 heterocycles. The van der Waals surface area contributed by atoms with Crippen LogP contribution in [0.25, 0.3) is 11.0 Å². The van der Waals surface area contributed by atoms with E-state index in [0.29, 0.717) is 6.54 Å². The number of para-hydroxylation sites is 1. The highest BCUT2D eigenvalue weighted by Gasteiger charge is 2.07. The summed E-state index contributed by atoms with van der Waals surface area (Å²) in [5.74, 6) is 1.83. The van der Waals surface area contributed by atoms with E-state index in [9.17, 15) is 0 Å². The molecule has 3 aromatic rings. The van der Waals surface area contributed by atoms with E-state index < -0.39 is 0 Å². The highest BCUT2D eigenvalue weighted by molar-refractivity contribution is 5.77. The molecule has 0 radical (unpaired) electrons. The summed E-state index contributed by atoms with van der Waals surface area (Å²) >= 11 is 0. The van der Waals surface area contributed by atoms with Crippen molar-refractivity contribution >= 4 is 11.0 Å². The molecule has 1 atom stereocenters. The van der Waals surface area contributed by atoms with Crippen molar-refractivity contribution in [2.24, 2.45) is 0 Å². The van der Waals surface area contributed by atoms with E-state index in [1.807, 2.05) is 30.3 Å². The lowest BCUT2D eigenvalue weighted by molar-refractivity contribution is 0.414. The third kappa shape index (κ3) is 3.09. The summed E-state index contributed by atoms with van der Waals surface area (Å²) in [7, 11) is 1.68. The Morgan fingerprint density at radius 3 is 2.57 bits per heavy atom. The minimum Gasteiger partial charge on any atom is -0.497 e. The van der Waals surface area contributed by atoms with Crippen molar-refractivity contribution in [1.29, 1.82) is 0 Å². The van der Waals surface area contributed by atoms with E-state index in [1.54, 1.807) is 7.11 Å². The van der Waals surface area contributed by atoms with Crippen molar-refractivity contribution in [3.05, 3.63) is 65.9 Å². The van der Waals surface area contributed by atoms with Crippen molar-refractivity contribution in [3.8, 4) is 5.75 Å². The minimum absolute atomic E-state index is 0.254. The lowest BCUT2D eigenvalue weighted by Crippen LogP contribution is -2.17. The van der Waals surface area contributed by atoms with Crippen LogP contribution >= 0.6 is 0 Å². The molecule has 108 valence electrons. The molecule has 0 aliphatic rings. The summed E-state index contributed by atoms with van der Waals surface area (Å²) in [5, 5.41) is 4.62. The molecule has 1 aromatic heterocycles. The zero-order chi connectivity index (χ0) is 14.7. The zero-order valence-electron chi connectivity index (χ0n) is 12.3. The third-order valence-electron chi connectivity index (χ3n) is 3.67. The zero-order valence-corrected chi connectivity index (χ0v) is 12.3. The van der Waals surface area contributed by atoms with Gasteiger partial charge in [-0.25, -0.2) is 0 Å². The van der Waals surface area contributed by atoms with Gasteiger partial charge in [0.25, 0.3) is 0 Å². The Morgan fingerprint density at radius 2 is 1.86 bits per heavy atom. The maximum absolute atomic E-state index is 5.81. The fraction of sp³-hybridized carbons (Fsp3) is 0.222. The molecule has 0 aliphatic carbocycles. The SMILES string of the molecule is COc1ccc(C(C)NCc2cc3ccccc3o2)cc1. The average molecular weight is 281 g/mol. The van der Waals surface area contributed by atoms with Crippen LogP contribution in [-0.4, -0.2) is 7.11 Å². The van der Waals surface area contributed by atoms with Crippen LogP contribution in [0.5, 0.6) is 5.75 Å². The molecule has 21 heavy (non-hydrogen) atoms. The van der Waals surface area contributed by atoms with Crippen molar-refractivity contribution in [2.75, 3.05) is 7.11 Å². The normalized spacial score (nSPS) is 12.5. The Kier molecular flexibility index (Phi) is 3.93. The molecule has 1 unspecified atom stereocenters. The molecule has 0 aliphatic heterocycles. The lowest BCUT2D eigenvalue weighted by atomic mass is 10.1. The molecule has 0 fully saturated rings. The topological polar surface area (TPSA) is 34.4 Å². The maximum atomic E-state index is 5.81. The number of furan rings is 1. The van der Waals surface area contributed by atoms with E-state index in [1.165, 1.54) is 5.56 Å². The second-order valence-corrected chi connectivity index (χ2v) is 5.13. The van der Waals surface area contributed by atoms with Gasteiger partial charge >= 0.3 is 0 Å². The molecule has 0 spiro atoms. The predicted molar refractivity (Wildman–Crippen MR) is 84.5 cm³/mol. The molecule has 0 amide bonds. The fourth-order valence-corrected chi connectivity index (χ4v) is 2.39. The molecule has 1 N–H and O–H groups in total. The first-order chi connectivity index (χ1) is 10.3. The Bertz CT molecular complexity index is 682. The first-order valence-electron chi connectivity index (χ1n) is 7.11. The highest BCUT2D eigenvalue weighted by Crippen LogP contribution is 2.21. The number of fused-ring (bicyclic) bond motifs is 1. The van der Waals surface area contributed by atoms with E-state index in [4.69, 9.17) is 9.15 Å². The van der Waals surface area contributed by atoms with Gasteiger partial charge in [-0.05, 0) is 36.8 Å². The molecule has 0 saturated heterocycles. The summed E-state index contributed by atoms with van der Waals surface area (Å²) in [6, 6.07) is 18.5. The van der Waals surface area contributed by atoms with Gasteiger partial charge in [0, 0.05) is 11.4 Å². The van der Waals surface area contributed by atoms with Gasteiger partial charge < -0.3 is 14.5 Å². The van der Waals surface area contributed by atoms with Crippen LogP contribution in [0.3, 0.4) is 0 Å². The van der Waals surface area contributed by atoms with E-state index in [0.717, 1.165) is 22.5 Å². The second-order valence-electron chi connectivity index (χ2n) is 5.13. The van der Waals surface area contributed by atoms with Crippen molar-refractivity contribution < 1.29 is 9.15 Å². The monoisotopic (exact) mass is 281 g/mol. The summed E-state index contributed by atoms with van der Waals surface area (Å²) in [4.78, 5) is 0. The smallest absolute Gasteiger partial charge is 0.134 e. The molecular formula is C18H19NO2. The van der Waals surface area contributed by atoms with Gasteiger partial charge in [-0.3, -0.25) is 0 Å². The van der Waals surface area contributed by atoms with Gasteiger partial charge in [-0.15, -0.1) is 0 Å². The van der Waals surface area contributed by atoms with Gasteiger partial charge in [0.2, 0.25) is 0 Å². The van der Waals surface area contributed by atoms with Gasteiger partial charge in [-0.1, -0.05) is 30.3 Å². The summed E-state index contributed by atoms with van der Waals surface area (Å²) < 4.78 is 11.0. The minimum atomic E-state index is 0.254. The third-order valence-corrected chi connectivity index (χ3v) is 3.67. The number of rotatable bonds is 5. The summed E-state index contributed by atoms with van der Waals surface area (Å²) in [6.07, 6.45) is 0. The van der Waals surface area contributed by atoms with E-state index in [2.05, 4.69) is 36.5 Å². The van der Waals surface area contributed by atoms with Crippen molar-refractivity contribution in [2.45, 2.75) is 19.5 Å². The van der Waals surface area contributed by atoms with Crippen LogP contribution in [0.1, 0.15) is 24.3 Å². The van der Waals surface area contributed by atoms with Crippen LogP contribution in [0.2, 0.25) is 0 Å². The van der Waals surface area contributed by atoms with Crippen molar-refractivity contribution in [3.63, 3.8) is 0 Å². The van der Waals surface area contributed by atoms with E-state index >= 15 is 0 Å². The molecule has 2 aromatic carbocycles. The average Bonchev–Trinajstić information content (AvgIpc) is 2.95. The number of hydrogen-bond acceptors (Lipinski definition) is 3. The van der Waals surface area contributed by atoms with Gasteiger partial charge in [0.1, 0.15) is 17.1 Å². The Labute approximate surface area is 124 Å². The molecular weight excluding hydrogens is 262 g/mol. The van der Waals surface area contributed by atoms with Gasteiger partial charge in [-0.2, -0.15) is 0 Å². The largest absolute Gasteiger partial charge is 0.497 e. The summed E-state index contributed by atoms with van der Waals surface area (Å²) in [5.41, 5.74) is 2.17. The van der Waals surface area contributed by atoms with Crippen LogP contribution in [0, 0.1) is 0 Å². The van der Waals surface area contributed by atoms with Crippen LogP contribution in [0.15, 0.2) is 59.0 Å². The van der Waals surface area contributed by atoms with Crippen molar-refractivity contribution in [1.82, 2.24) is 5.32 Å². The maximum Gasteiger partial charge on any atom is 0.134 e. The van der Waals surface area contributed by atoms with Crippen LogP contribution < -0.4 is 10.1 Å². The first-order valence-corrected chi connectivity index (χ1v) is 7.11. The molecule has 0 bridgehead atoms. The Morgan fingerprint density at radius 1 is 1.10 bits per heavy atom. The second kappa shape index (κ2) is 6.02. The van der Waals surface area contributed by atoms with Crippen LogP contribution in [-0.2, 0) is 6.54 Å². The predicted octanol–water partition coefficient (Wildman–Crippen LogP) is 4.29. The van der Waals surface area contributed by atoms with Crippen LogP contribution in [0.4, 0.5) is 0 Å². The number of benzene rings is 2. The standard InChI is InChI=1S/C18H19NO2/c1-13(14-7-9-16(20-2)10-8-14)19-12-17-11-15-5-3-4-6-18(15)21-17/h3-11,13,19H,12H2,1-2H3. The highest BCUT2D eigenvalue weighted by atomic mass is 16.5. The Balaban J connectivity index is 1.65. The summed E-state index contributed by atoms with van der Waals surface area (Å²) in [6.45, 7) is 2.85. The molecule has 3 heteroatoms. The molecule has 0 saturated carbocycles. The fourth-order valence-electron chi connectivity index (χ4n) is 2.39. The lowest BCUT2D eigenvalue weighted by Gasteiger charge is -2.13. The number of methoxy groups -OCH3 is 1. The first kappa shape index (κ1) is 13.7. The molecule has 3 rings (SSSR count). The number of nitrogens with one attached hydrogen (secondary N) is 1. The number of hydrogen-bond donors (Lipinski definition) is 1.